The van der Waals surface area contributed by atoms with Crippen molar-refractivity contribution >= 4 is 23.2 Å². The molecule has 1 aliphatic heterocycles. The molecular formula is C23H31N3O3. The standard InChI is InChI=1S/C19H20N2O2.C4H11NO/c1-2-3-14-17-18(22)20(15-10-6-4-7-11-15)21(19(17)23)16-12-8-5-9-13-16;1-5(2)3-4-6/h4-13,17H,2-3,14H2,1H3;6H,3-4H2,1-2H3. The van der Waals surface area contributed by atoms with Crippen LogP contribution in [-0.2, 0) is 9.59 Å². The third kappa shape index (κ3) is 5.89. The first-order valence-electron chi connectivity index (χ1n) is 10.0. The maximum Gasteiger partial charge on any atom is 0.258 e. The first kappa shape index (κ1) is 22.6. The SMILES string of the molecule is CCCCC1C(=O)N(c2ccccc2)N(c2ccccc2)C1=O.CN(C)CCO. The molecule has 0 aromatic heterocycles. The van der Waals surface area contributed by atoms with Crippen molar-refractivity contribution in [3.63, 3.8) is 0 Å². The number of aliphatic hydroxyl groups is 1. The molecular weight excluding hydrogens is 366 g/mol. The molecule has 2 aromatic rings. The molecule has 3 rings (SSSR count). The van der Waals surface area contributed by atoms with Crippen LogP contribution in [0.3, 0.4) is 0 Å². The second-order valence-electron chi connectivity index (χ2n) is 7.19. The van der Waals surface area contributed by atoms with Gasteiger partial charge >= 0.3 is 0 Å². The number of benzene rings is 2. The molecule has 1 saturated heterocycles. The second-order valence-corrected chi connectivity index (χ2v) is 7.19. The van der Waals surface area contributed by atoms with Gasteiger partial charge in [-0.1, -0.05) is 56.2 Å². The quantitative estimate of drug-likeness (QED) is 0.728. The summed E-state index contributed by atoms with van der Waals surface area (Å²) in [5.74, 6) is -0.868. The third-order valence-corrected chi connectivity index (χ3v) is 4.61. The Morgan fingerprint density at radius 1 is 0.862 bits per heavy atom. The highest BCUT2D eigenvalue weighted by Gasteiger charge is 2.46. The van der Waals surface area contributed by atoms with Gasteiger partial charge in [-0.2, -0.15) is 0 Å². The van der Waals surface area contributed by atoms with E-state index in [2.05, 4.69) is 6.92 Å². The predicted octanol–water partition coefficient (Wildman–Crippen LogP) is 3.33. The maximum atomic E-state index is 12.9. The van der Waals surface area contributed by atoms with Gasteiger partial charge in [0.25, 0.3) is 11.8 Å². The highest BCUT2D eigenvalue weighted by Crippen LogP contribution is 2.33. The van der Waals surface area contributed by atoms with E-state index in [1.807, 2.05) is 79.7 Å². The molecule has 0 atom stereocenters. The van der Waals surface area contributed by atoms with E-state index in [9.17, 15) is 9.59 Å². The van der Waals surface area contributed by atoms with Gasteiger partial charge in [0.05, 0.1) is 18.0 Å². The smallest absolute Gasteiger partial charge is 0.258 e. The second kappa shape index (κ2) is 11.3. The summed E-state index contributed by atoms with van der Waals surface area (Å²) in [5, 5.41) is 11.2. The monoisotopic (exact) mass is 397 g/mol. The van der Waals surface area contributed by atoms with E-state index in [1.54, 1.807) is 0 Å². The number of hydrogen-bond acceptors (Lipinski definition) is 4. The zero-order valence-electron chi connectivity index (χ0n) is 17.5. The van der Waals surface area contributed by atoms with E-state index in [0.29, 0.717) is 17.8 Å². The van der Waals surface area contributed by atoms with Crippen LogP contribution in [0.15, 0.2) is 60.7 Å². The molecule has 29 heavy (non-hydrogen) atoms. The van der Waals surface area contributed by atoms with E-state index in [1.165, 1.54) is 10.0 Å². The number of para-hydroxylation sites is 2. The lowest BCUT2D eigenvalue weighted by Gasteiger charge is -2.27. The molecule has 0 unspecified atom stereocenters. The lowest BCUT2D eigenvalue weighted by atomic mass is 10.0. The van der Waals surface area contributed by atoms with Gasteiger partial charge in [0.15, 0.2) is 0 Å². The van der Waals surface area contributed by atoms with Crippen LogP contribution in [0.5, 0.6) is 0 Å². The fourth-order valence-corrected chi connectivity index (χ4v) is 3.08. The number of hydrazine groups is 1. The van der Waals surface area contributed by atoms with Crippen LogP contribution in [0.2, 0.25) is 0 Å². The molecule has 1 heterocycles. The van der Waals surface area contributed by atoms with Crippen LogP contribution in [0.1, 0.15) is 26.2 Å². The van der Waals surface area contributed by atoms with Crippen molar-refractivity contribution in [2.45, 2.75) is 26.2 Å². The summed E-state index contributed by atoms with van der Waals surface area (Å²) in [6.45, 7) is 3.08. The molecule has 0 bridgehead atoms. The Bertz CT molecular complexity index is 708. The summed E-state index contributed by atoms with van der Waals surface area (Å²) in [7, 11) is 3.85. The van der Waals surface area contributed by atoms with E-state index in [0.717, 1.165) is 19.4 Å². The Morgan fingerprint density at radius 2 is 1.31 bits per heavy atom. The topological polar surface area (TPSA) is 64.1 Å². The fraction of sp³-hybridized carbons (Fsp3) is 0.391. The van der Waals surface area contributed by atoms with Crippen molar-refractivity contribution in [1.29, 1.82) is 0 Å². The van der Waals surface area contributed by atoms with Crippen LogP contribution >= 0.6 is 0 Å². The zero-order chi connectivity index (χ0) is 21.2. The van der Waals surface area contributed by atoms with Gasteiger partial charge in [-0.25, -0.2) is 10.0 Å². The van der Waals surface area contributed by atoms with Gasteiger partial charge in [0.1, 0.15) is 5.92 Å². The number of carbonyl (C=O) groups excluding carboxylic acids is 2. The summed E-state index contributed by atoms with van der Waals surface area (Å²) in [5.41, 5.74) is 1.43. The molecule has 6 heteroatoms. The minimum atomic E-state index is -0.588. The number of carbonyl (C=O) groups is 2. The molecule has 6 nitrogen and oxygen atoms in total. The highest BCUT2D eigenvalue weighted by atomic mass is 16.3. The third-order valence-electron chi connectivity index (χ3n) is 4.61. The largest absolute Gasteiger partial charge is 0.395 e. The summed E-state index contributed by atoms with van der Waals surface area (Å²) in [6, 6.07) is 18.7. The van der Waals surface area contributed by atoms with Gasteiger partial charge in [-0.05, 0) is 44.8 Å². The van der Waals surface area contributed by atoms with E-state index in [-0.39, 0.29) is 18.4 Å². The molecule has 2 amide bonds. The van der Waals surface area contributed by atoms with Crippen LogP contribution in [-0.4, -0.2) is 49.1 Å². The van der Waals surface area contributed by atoms with Crippen LogP contribution in [0.25, 0.3) is 0 Å². The van der Waals surface area contributed by atoms with Crippen molar-refractivity contribution in [3.8, 4) is 0 Å². The number of aliphatic hydroxyl groups excluding tert-OH is 1. The van der Waals surface area contributed by atoms with Crippen molar-refractivity contribution < 1.29 is 14.7 Å². The predicted molar refractivity (Wildman–Crippen MR) is 117 cm³/mol. The highest BCUT2D eigenvalue weighted by molar-refractivity contribution is 6.22. The first-order valence-corrected chi connectivity index (χ1v) is 10.0. The Hall–Kier alpha value is -2.70. The van der Waals surface area contributed by atoms with Crippen LogP contribution < -0.4 is 10.0 Å². The van der Waals surface area contributed by atoms with Gasteiger partial charge < -0.3 is 10.0 Å². The van der Waals surface area contributed by atoms with Gasteiger partial charge in [-0.15, -0.1) is 0 Å². The Kier molecular flexibility index (Phi) is 8.83. The number of rotatable bonds is 7. The normalized spacial score (nSPS) is 14.4. The van der Waals surface area contributed by atoms with E-state index < -0.39 is 5.92 Å². The number of anilines is 2. The summed E-state index contributed by atoms with van der Waals surface area (Å²) in [4.78, 5) is 27.7. The molecule has 0 aliphatic carbocycles. The summed E-state index contributed by atoms with van der Waals surface area (Å²) >= 11 is 0. The van der Waals surface area contributed by atoms with Crippen LogP contribution in [0, 0.1) is 5.92 Å². The average molecular weight is 398 g/mol. The molecule has 0 saturated carbocycles. The van der Waals surface area contributed by atoms with E-state index in [4.69, 9.17) is 5.11 Å². The zero-order valence-corrected chi connectivity index (χ0v) is 17.5. The van der Waals surface area contributed by atoms with Gasteiger partial charge in [0, 0.05) is 6.54 Å². The molecule has 0 spiro atoms. The minimum absolute atomic E-state index is 0.140. The van der Waals surface area contributed by atoms with Crippen molar-refractivity contribution in [2.24, 2.45) is 5.92 Å². The number of unbranched alkanes of at least 4 members (excludes halogenated alkanes) is 1. The van der Waals surface area contributed by atoms with Gasteiger partial charge in [0.2, 0.25) is 0 Å². The number of amides is 2. The molecule has 2 aromatic carbocycles. The Balaban J connectivity index is 0.000000438. The number of nitrogens with zero attached hydrogens (tertiary/aromatic N) is 3. The van der Waals surface area contributed by atoms with Crippen molar-refractivity contribution in [1.82, 2.24) is 4.90 Å². The molecule has 1 fully saturated rings. The molecule has 156 valence electrons. The summed E-state index contributed by atoms with van der Waals surface area (Å²) < 4.78 is 0. The molecule has 0 radical (unpaired) electrons. The lowest BCUT2D eigenvalue weighted by Crippen LogP contribution is -2.41. The average Bonchev–Trinajstić information content (AvgIpc) is 2.98. The summed E-state index contributed by atoms with van der Waals surface area (Å²) in [6.07, 6.45) is 2.43. The van der Waals surface area contributed by atoms with Gasteiger partial charge in [-0.3, -0.25) is 9.59 Å². The van der Waals surface area contributed by atoms with Crippen LogP contribution in [0.4, 0.5) is 11.4 Å². The fourth-order valence-electron chi connectivity index (χ4n) is 3.08. The van der Waals surface area contributed by atoms with E-state index >= 15 is 0 Å². The molecule has 1 N–H and O–H groups in total. The Labute approximate surface area is 173 Å². The Morgan fingerprint density at radius 3 is 1.62 bits per heavy atom. The number of hydrogen-bond donors (Lipinski definition) is 1. The maximum absolute atomic E-state index is 12.9. The van der Waals surface area contributed by atoms with Crippen molar-refractivity contribution in [2.75, 3.05) is 37.3 Å². The lowest BCUT2D eigenvalue weighted by molar-refractivity contribution is -0.127. The molecule has 1 aliphatic rings. The first-order chi connectivity index (χ1) is 14.0. The minimum Gasteiger partial charge on any atom is -0.395 e. The van der Waals surface area contributed by atoms with Crippen molar-refractivity contribution in [3.05, 3.63) is 60.7 Å². The number of likely N-dealkylation sites (N-methyl/N-ethyl adjacent to an activating group) is 1.